The molecule has 0 unspecified atom stereocenters. The van der Waals surface area contributed by atoms with Crippen LogP contribution in [0.5, 0.6) is 0 Å². The normalized spacial score (nSPS) is 11.9. The van der Waals surface area contributed by atoms with Gasteiger partial charge in [0.05, 0.1) is 5.56 Å². The fourth-order valence-corrected chi connectivity index (χ4v) is 0.923. The molecule has 51 valence electrons. The predicted octanol–water partition coefficient (Wildman–Crippen LogP) is 1.81. The van der Waals surface area contributed by atoms with Crippen LogP contribution in [0.1, 0.15) is 5.56 Å². The van der Waals surface area contributed by atoms with Crippen LogP contribution in [0.15, 0.2) is 28.5 Å². The summed E-state index contributed by atoms with van der Waals surface area (Å²) in [5.41, 5.74) is 5.49. The molecule has 0 atom stereocenters. The van der Waals surface area contributed by atoms with Gasteiger partial charge in [-0.15, -0.1) is 10.5 Å². The lowest BCUT2D eigenvalue weighted by Gasteiger charge is -1.92. The molecule has 0 spiro atoms. The zero-order valence-electron chi connectivity index (χ0n) is 5.52. The Hall–Kier alpha value is -1.89. The van der Waals surface area contributed by atoms with Crippen LogP contribution in [0.4, 0.5) is 11.4 Å². The molecule has 4 nitrogen and oxygen atoms in total. The van der Waals surface area contributed by atoms with E-state index in [1.54, 1.807) is 18.2 Å². The molecule has 4 heteroatoms. The maximum absolute atomic E-state index is 8.61. The largest absolute Gasteiger partial charge is 0.192 e. The van der Waals surface area contributed by atoms with E-state index in [1.807, 2.05) is 6.07 Å². The Balaban J connectivity index is 2.69. The Morgan fingerprint density at radius 2 is 2.27 bits per heavy atom. The number of nitriles is 1. The summed E-state index contributed by atoms with van der Waals surface area (Å²) in [6.45, 7) is 0. The smallest absolute Gasteiger partial charge is 0.133 e. The van der Waals surface area contributed by atoms with Crippen LogP contribution in [0, 0.1) is 11.3 Å². The first-order valence-electron chi connectivity index (χ1n) is 3.06. The summed E-state index contributed by atoms with van der Waals surface area (Å²) in [5.74, 6) is 0. The van der Waals surface area contributed by atoms with Crippen molar-refractivity contribution >= 4 is 11.4 Å². The summed E-state index contributed by atoms with van der Waals surface area (Å²) in [6, 6.07) is 7.24. The van der Waals surface area contributed by atoms with Gasteiger partial charge >= 0.3 is 0 Å². The SMILES string of the molecule is N#Cc1cccc2c1N=N[N]2. The Morgan fingerprint density at radius 1 is 1.36 bits per heavy atom. The van der Waals surface area contributed by atoms with E-state index in [1.165, 1.54) is 0 Å². The highest BCUT2D eigenvalue weighted by Crippen LogP contribution is 2.33. The third-order valence-corrected chi connectivity index (χ3v) is 1.43. The molecule has 1 aromatic rings. The first kappa shape index (κ1) is 5.86. The third-order valence-electron chi connectivity index (χ3n) is 1.43. The minimum Gasteiger partial charge on any atom is -0.192 e. The minimum absolute atomic E-state index is 0.521. The van der Waals surface area contributed by atoms with E-state index in [-0.39, 0.29) is 0 Å². The standard InChI is InChI=1S/C7H3N4/c8-4-5-2-1-3-6-7(5)10-11-9-6/h1-3H. The zero-order chi connectivity index (χ0) is 7.68. The van der Waals surface area contributed by atoms with Crippen LogP contribution >= 0.6 is 0 Å². The van der Waals surface area contributed by atoms with E-state index in [0.717, 1.165) is 0 Å². The van der Waals surface area contributed by atoms with E-state index in [9.17, 15) is 0 Å². The van der Waals surface area contributed by atoms with Crippen molar-refractivity contribution in [1.29, 1.82) is 5.26 Å². The maximum atomic E-state index is 8.61. The van der Waals surface area contributed by atoms with E-state index in [0.29, 0.717) is 16.9 Å². The van der Waals surface area contributed by atoms with Gasteiger partial charge in [0.2, 0.25) is 0 Å². The number of rotatable bonds is 0. The first-order chi connectivity index (χ1) is 5.42. The van der Waals surface area contributed by atoms with Crippen LogP contribution in [-0.2, 0) is 0 Å². The Morgan fingerprint density at radius 3 is 3.09 bits per heavy atom. The highest BCUT2D eigenvalue weighted by molar-refractivity contribution is 5.69. The molecule has 0 N–H and O–H groups in total. The van der Waals surface area contributed by atoms with Crippen molar-refractivity contribution in [3.05, 3.63) is 23.8 Å². The topological polar surface area (TPSA) is 62.6 Å². The second kappa shape index (κ2) is 2.06. The molecule has 2 rings (SSSR count). The number of nitrogens with zero attached hydrogens (tertiary/aromatic N) is 4. The lowest BCUT2D eigenvalue weighted by atomic mass is 10.2. The summed E-state index contributed by atoms with van der Waals surface area (Å²) in [6.07, 6.45) is 0. The molecule has 0 saturated carbocycles. The van der Waals surface area contributed by atoms with Crippen molar-refractivity contribution in [2.75, 3.05) is 0 Å². The molecule has 1 radical (unpaired) electrons. The third kappa shape index (κ3) is 0.749. The fourth-order valence-electron chi connectivity index (χ4n) is 0.923. The van der Waals surface area contributed by atoms with Crippen molar-refractivity contribution < 1.29 is 0 Å². The molecule has 0 saturated heterocycles. The van der Waals surface area contributed by atoms with Gasteiger partial charge in [0, 0.05) is 0 Å². The molecule has 1 aromatic carbocycles. The summed E-state index contributed by atoms with van der Waals surface area (Å²) in [4.78, 5) is 0. The Kier molecular flexibility index (Phi) is 1.10. The summed E-state index contributed by atoms with van der Waals surface area (Å²) in [5, 5.41) is 15.8. The molecular formula is C7H3N4. The van der Waals surface area contributed by atoms with E-state index in [4.69, 9.17) is 5.26 Å². The first-order valence-corrected chi connectivity index (χ1v) is 3.06. The van der Waals surface area contributed by atoms with Gasteiger partial charge in [0.1, 0.15) is 17.4 Å². The number of hydrogen-bond acceptors (Lipinski definition) is 3. The highest BCUT2D eigenvalue weighted by atomic mass is 15.5. The molecule has 0 bridgehead atoms. The van der Waals surface area contributed by atoms with Crippen molar-refractivity contribution in [2.45, 2.75) is 0 Å². The van der Waals surface area contributed by atoms with Crippen molar-refractivity contribution in [3.8, 4) is 6.07 Å². The number of benzene rings is 1. The second-order valence-corrected chi connectivity index (χ2v) is 2.07. The Bertz CT molecular complexity index is 361. The average molecular weight is 143 g/mol. The molecule has 0 aromatic heterocycles. The van der Waals surface area contributed by atoms with Crippen LogP contribution in [0.3, 0.4) is 0 Å². The highest BCUT2D eigenvalue weighted by Gasteiger charge is 2.12. The molecule has 0 aliphatic carbocycles. The van der Waals surface area contributed by atoms with E-state index < -0.39 is 0 Å². The van der Waals surface area contributed by atoms with Gasteiger partial charge in [-0.25, -0.2) is 0 Å². The molecule has 1 aliphatic rings. The molecule has 1 aliphatic heterocycles. The molecule has 0 amide bonds. The summed E-state index contributed by atoms with van der Waals surface area (Å²) in [7, 11) is 0. The maximum Gasteiger partial charge on any atom is 0.133 e. The van der Waals surface area contributed by atoms with Gasteiger partial charge in [-0.2, -0.15) is 5.26 Å². The van der Waals surface area contributed by atoms with Crippen molar-refractivity contribution in [3.63, 3.8) is 0 Å². The number of fused-ring (bicyclic) bond motifs is 1. The van der Waals surface area contributed by atoms with Gasteiger partial charge in [-0.05, 0) is 17.4 Å². The predicted molar refractivity (Wildman–Crippen MR) is 37.5 cm³/mol. The van der Waals surface area contributed by atoms with Gasteiger partial charge in [0.25, 0.3) is 0 Å². The minimum atomic E-state index is 0.521. The molecule has 0 fully saturated rings. The zero-order valence-corrected chi connectivity index (χ0v) is 5.52. The van der Waals surface area contributed by atoms with Gasteiger partial charge in [0.15, 0.2) is 0 Å². The summed E-state index contributed by atoms with van der Waals surface area (Å²) >= 11 is 0. The van der Waals surface area contributed by atoms with Crippen LogP contribution in [-0.4, -0.2) is 0 Å². The molecule has 1 heterocycles. The number of hydrogen-bond donors (Lipinski definition) is 0. The van der Waals surface area contributed by atoms with Crippen LogP contribution in [0.25, 0.3) is 0 Å². The van der Waals surface area contributed by atoms with Crippen LogP contribution in [0.2, 0.25) is 0 Å². The van der Waals surface area contributed by atoms with Gasteiger partial charge in [-0.3, -0.25) is 0 Å². The van der Waals surface area contributed by atoms with Crippen molar-refractivity contribution in [2.24, 2.45) is 10.3 Å². The van der Waals surface area contributed by atoms with E-state index >= 15 is 0 Å². The summed E-state index contributed by atoms with van der Waals surface area (Å²) < 4.78 is 0. The lowest BCUT2D eigenvalue weighted by Crippen LogP contribution is -1.79. The molecule has 11 heavy (non-hydrogen) atoms. The monoisotopic (exact) mass is 143 g/mol. The molecular weight excluding hydrogens is 140 g/mol. The van der Waals surface area contributed by atoms with Crippen molar-refractivity contribution in [1.82, 2.24) is 5.43 Å². The second-order valence-electron chi connectivity index (χ2n) is 2.07. The fraction of sp³-hybridized carbons (Fsp3) is 0. The quantitative estimate of drug-likeness (QED) is 0.546. The lowest BCUT2D eigenvalue weighted by molar-refractivity contribution is 0.923. The average Bonchev–Trinajstić information content (AvgIpc) is 2.50. The van der Waals surface area contributed by atoms with Gasteiger partial charge < -0.3 is 0 Å². The Labute approximate surface area is 63.1 Å². The van der Waals surface area contributed by atoms with E-state index in [2.05, 4.69) is 15.8 Å². The van der Waals surface area contributed by atoms with Crippen LogP contribution < -0.4 is 5.43 Å². The van der Waals surface area contributed by atoms with Gasteiger partial charge in [-0.1, -0.05) is 6.07 Å².